The van der Waals surface area contributed by atoms with Gasteiger partial charge < -0.3 is 5.32 Å². The van der Waals surface area contributed by atoms with E-state index in [0.29, 0.717) is 5.92 Å². The van der Waals surface area contributed by atoms with Crippen LogP contribution in [0.25, 0.3) is 0 Å². The highest BCUT2D eigenvalue weighted by Crippen LogP contribution is 2.13. The van der Waals surface area contributed by atoms with Gasteiger partial charge in [0, 0.05) is 18.3 Å². The van der Waals surface area contributed by atoms with Crippen molar-refractivity contribution in [2.75, 3.05) is 13.1 Å². The Balaban J connectivity index is 1.95. The first-order valence-corrected chi connectivity index (χ1v) is 6.17. The molecule has 0 aliphatic carbocycles. The first-order chi connectivity index (χ1) is 7.66. The molecule has 4 nitrogen and oxygen atoms in total. The third-order valence-corrected chi connectivity index (χ3v) is 3.35. The lowest BCUT2D eigenvalue weighted by Gasteiger charge is -2.08. The Morgan fingerprint density at radius 2 is 2.38 bits per heavy atom. The largest absolute Gasteiger partial charge is 0.316 e. The second kappa shape index (κ2) is 4.87. The molecular weight excluding hydrogens is 202 g/mol. The van der Waals surface area contributed by atoms with Gasteiger partial charge in [0.1, 0.15) is 0 Å². The van der Waals surface area contributed by atoms with Crippen molar-refractivity contribution in [2.45, 2.75) is 39.2 Å². The van der Waals surface area contributed by atoms with Crippen LogP contribution in [0.5, 0.6) is 0 Å². The minimum Gasteiger partial charge on any atom is -0.316 e. The molecule has 1 aliphatic heterocycles. The van der Waals surface area contributed by atoms with Crippen LogP contribution >= 0.6 is 0 Å². The van der Waals surface area contributed by atoms with Crippen molar-refractivity contribution in [3.05, 3.63) is 22.1 Å². The normalized spacial score (nSPS) is 20.8. The molecule has 0 bridgehead atoms. The van der Waals surface area contributed by atoms with Gasteiger partial charge in [-0.1, -0.05) is 13.8 Å². The predicted octanol–water partition coefficient (Wildman–Crippen LogP) is 1.30. The van der Waals surface area contributed by atoms with Gasteiger partial charge in [0.05, 0.1) is 0 Å². The summed E-state index contributed by atoms with van der Waals surface area (Å²) in [5.41, 5.74) is 1.14. The van der Waals surface area contributed by atoms with Gasteiger partial charge in [-0.3, -0.25) is 14.6 Å². The quantitative estimate of drug-likeness (QED) is 0.808. The molecule has 0 aromatic carbocycles. The molecule has 1 fully saturated rings. The molecule has 16 heavy (non-hydrogen) atoms. The Bertz CT molecular complexity index is 385. The zero-order valence-electron chi connectivity index (χ0n) is 10.1. The standard InChI is InChI=1S/C12H21N3O/c1-9(2)11-7-12(16)15(14-11)6-4-10-3-5-13-8-10/h7,9-10,13-14H,3-6,8H2,1-2H3. The molecule has 1 aromatic rings. The number of hydrogen-bond donors (Lipinski definition) is 2. The summed E-state index contributed by atoms with van der Waals surface area (Å²) in [6, 6.07) is 1.72. The fourth-order valence-electron chi connectivity index (χ4n) is 2.19. The van der Waals surface area contributed by atoms with Crippen molar-refractivity contribution in [1.29, 1.82) is 0 Å². The van der Waals surface area contributed by atoms with E-state index >= 15 is 0 Å². The molecule has 1 aliphatic rings. The predicted molar refractivity (Wildman–Crippen MR) is 64.7 cm³/mol. The SMILES string of the molecule is CC(C)c1cc(=O)n(CCC2CCNC2)[nH]1. The Morgan fingerprint density at radius 1 is 1.56 bits per heavy atom. The van der Waals surface area contributed by atoms with Crippen molar-refractivity contribution in [3.63, 3.8) is 0 Å². The first kappa shape index (κ1) is 11.5. The molecule has 2 heterocycles. The minimum absolute atomic E-state index is 0.106. The van der Waals surface area contributed by atoms with Gasteiger partial charge in [0.15, 0.2) is 0 Å². The van der Waals surface area contributed by atoms with Crippen LogP contribution in [-0.2, 0) is 6.54 Å². The second-order valence-electron chi connectivity index (χ2n) is 5.00. The third-order valence-electron chi connectivity index (χ3n) is 3.35. The Labute approximate surface area is 96.0 Å². The average molecular weight is 223 g/mol. The maximum absolute atomic E-state index is 11.7. The smallest absolute Gasteiger partial charge is 0.266 e. The van der Waals surface area contributed by atoms with Crippen LogP contribution in [-0.4, -0.2) is 22.9 Å². The van der Waals surface area contributed by atoms with Crippen LogP contribution in [0.3, 0.4) is 0 Å². The highest BCUT2D eigenvalue weighted by molar-refractivity contribution is 5.04. The minimum atomic E-state index is 0.106. The maximum Gasteiger partial charge on any atom is 0.266 e. The molecule has 0 spiro atoms. The van der Waals surface area contributed by atoms with E-state index in [1.54, 1.807) is 10.7 Å². The van der Waals surface area contributed by atoms with Gasteiger partial charge in [0.25, 0.3) is 5.56 Å². The van der Waals surface area contributed by atoms with E-state index < -0.39 is 0 Å². The Kier molecular flexibility index (Phi) is 3.49. The summed E-state index contributed by atoms with van der Waals surface area (Å²) in [7, 11) is 0. The number of aryl methyl sites for hydroxylation is 1. The number of hydrogen-bond acceptors (Lipinski definition) is 2. The summed E-state index contributed by atoms with van der Waals surface area (Å²) in [5, 5.41) is 6.54. The fraction of sp³-hybridized carbons (Fsp3) is 0.750. The lowest BCUT2D eigenvalue weighted by molar-refractivity contribution is 0.449. The lowest BCUT2D eigenvalue weighted by Crippen LogP contribution is -2.19. The van der Waals surface area contributed by atoms with Crippen molar-refractivity contribution in [1.82, 2.24) is 15.1 Å². The van der Waals surface area contributed by atoms with Crippen LogP contribution in [0.15, 0.2) is 10.9 Å². The molecule has 0 radical (unpaired) electrons. The number of H-pyrrole nitrogens is 1. The van der Waals surface area contributed by atoms with Crippen LogP contribution in [0.1, 0.15) is 38.3 Å². The highest BCUT2D eigenvalue weighted by Gasteiger charge is 2.15. The summed E-state index contributed by atoms with van der Waals surface area (Å²) >= 11 is 0. The van der Waals surface area contributed by atoms with Crippen molar-refractivity contribution >= 4 is 0 Å². The molecule has 0 saturated carbocycles. The van der Waals surface area contributed by atoms with Gasteiger partial charge in [-0.15, -0.1) is 0 Å². The molecule has 2 N–H and O–H groups in total. The van der Waals surface area contributed by atoms with Gasteiger partial charge in [-0.05, 0) is 37.8 Å². The molecular formula is C12H21N3O. The molecule has 1 unspecified atom stereocenters. The van der Waals surface area contributed by atoms with E-state index in [-0.39, 0.29) is 5.56 Å². The lowest BCUT2D eigenvalue weighted by atomic mass is 10.1. The molecule has 1 atom stereocenters. The molecule has 1 aromatic heterocycles. The zero-order valence-corrected chi connectivity index (χ0v) is 10.1. The third kappa shape index (κ3) is 2.55. The van der Waals surface area contributed by atoms with Gasteiger partial charge >= 0.3 is 0 Å². The molecule has 1 saturated heterocycles. The van der Waals surface area contributed by atoms with Gasteiger partial charge in [-0.25, -0.2) is 0 Å². The van der Waals surface area contributed by atoms with E-state index in [0.717, 1.165) is 37.7 Å². The number of nitrogens with zero attached hydrogens (tertiary/aromatic N) is 1. The fourth-order valence-corrected chi connectivity index (χ4v) is 2.19. The second-order valence-corrected chi connectivity index (χ2v) is 5.00. The van der Waals surface area contributed by atoms with Crippen molar-refractivity contribution in [3.8, 4) is 0 Å². The summed E-state index contributed by atoms with van der Waals surface area (Å²) in [6.07, 6.45) is 2.33. The van der Waals surface area contributed by atoms with Crippen molar-refractivity contribution < 1.29 is 0 Å². The topological polar surface area (TPSA) is 49.8 Å². The molecule has 2 rings (SSSR count). The van der Waals surface area contributed by atoms with E-state index in [1.807, 2.05) is 0 Å². The summed E-state index contributed by atoms with van der Waals surface area (Å²) in [5.74, 6) is 1.12. The van der Waals surface area contributed by atoms with Gasteiger partial charge in [-0.2, -0.15) is 0 Å². The molecule has 4 heteroatoms. The van der Waals surface area contributed by atoms with Crippen LogP contribution < -0.4 is 10.9 Å². The summed E-state index contributed by atoms with van der Waals surface area (Å²) in [4.78, 5) is 11.7. The first-order valence-electron chi connectivity index (χ1n) is 6.17. The van der Waals surface area contributed by atoms with E-state index in [1.165, 1.54) is 6.42 Å². The Morgan fingerprint density at radius 3 is 2.94 bits per heavy atom. The molecule has 90 valence electrons. The van der Waals surface area contributed by atoms with Crippen LogP contribution in [0, 0.1) is 5.92 Å². The highest BCUT2D eigenvalue weighted by atomic mass is 16.1. The Hall–Kier alpha value is -1.03. The maximum atomic E-state index is 11.7. The zero-order chi connectivity index (χ0) is 11.5. The summed E-state index contributed by atoms with van der Waals surface area (Å²) < 4.78 is 1.74. The number of nitrogens with one attached hydrogen (secondary N) is 2. The van der Waals surface area contributed by atoms with Crippen molar-refractivity contribution in [2.24, 2.45) is 5.92 Å². The number of aromatic amines is 1. The van der Waals surface area contributed by atoms with Crippen LogP contribution in [0.2, 0.25) is 0 Å². The van der Waals surface area contributed by atoms with Gasteiger partial charge in [0.2, 0.25) is 0 Å². The average Bonchev–Trinajstić information content (AvgIpc) is 2.84. The van der Waals surface area contributed by atoms with E-state index in [2.05, 4.69) is 24.3 Å². The molecule has 0 amide bonds. The number of aromatic nitrogens is 2. The van der Waals surface area contributed by atoms with E-state index in [9.17, 15) is 4.79 Å². The number of rotatable bonds is 4. The summed E-state index contributed by atoms with van der Waals surface area (Å²) in [6.45, 7) is 7.24. The van der Waals surface area contributed by atoms with E-state index in [4.69, 9.17) is 0 Å². The monoisotopic (exact) mass is 223 g/mol. The van der Waals surface area contributed by atoms with Crippen LogP contribution in [0.4, 0.5) is 0 Å².